The van der Waals surface area contributed by atoms with Crippen LogP contribution in [-0.4, -0.2) is 16.6 Å². The first-order valence-electron chi connectivity index (χ1n) is 7.11. The van der Waals surface area contributed by atoms with Gasteiger partial charge in [0.2, 0.25) is 5.91 Å². The van der Waals surface area contributed by atoms with Gasteiger partial charge in [-0.25, -0.2) is 4.98 Å². The molecule has 3 aromatic rings. The van der Waals surface area contributed by atoms with Gasteiger partial charge >= 0.3 is 6.01 Å². The molecular weight excluding hydrogens is 296 g/mol. The highest BCUT2D eigenvalue weighted by atomic mass is 32.2. The van der Waals surface area contributed by atoms with Crippen LogP contribution in [0, 0.1) is 0 Å². The van der Waals surface area contributed by atoms with E-state index in [0.29, 0.717) is 5.75 Å². The zero-order valence-corrected chi connectivity index (χ0v) is 13.0. The summed E-state index contributed by atoms with van der Waals surface area (Å²) in [6.45, 7) is 1.97. The van der Waals surface area contributed by atoms with Crippen molar-refractivity contribution >= 4 is 34.5 Å². The monoisotopic (exact) mass is 312 g/mol. The smallest absolute Gasteiger partial charge is 0.301 e. The molecule has 1 heterocycles. The summed E-state index contributed by atoms with van der Waals surface area (Å²) >= 11 is 1.49. The lowest BCUT2D eigenvalue weighted by Crippen LogP contribution is -2.14. The number of aromatic nitrogens is 1. The first-order valence-corrected chi connectivity index (χ1v) is 8.09. The Labute approximate surface area is 132 Å². The van der Waals surface area contributed by atoms with Gasteiger partial charge in [0.25, 0.3) is 0 Å². The fourth-order valence-corrected chi connectivity index (χ4v) is 2.83. The molecule has 5 heteroatoms. The molecule has 1 aromatic heterocycles. The maximum Gasteiger partial charge on any atom is 0.301 e. The zero-order valence-electron chi connectivity index (χ0n) is 12.2. The molecule has 22 heavy (non-hydrogen) atoms. The van der Waals surface area contributed by atoms with E-state index in [1.165, 1.54) is 22.5 Å². The van der Waals surface area contributed by atoms with E-state index in [1.807, 2.05) is 25.1 Å². The van der Waals surface area contributed by atoms with Crippen LogP contribution >= 0.6 is 11.8 Å². The van der Waals surface area contributed by atoms with Crippen molar-refractivity contribution in [2.45, 2.75) is 18.2 Å². The number of benzene rings is 2. The number of fused-ring (bicyclic) bond motifs is 1. The summed E-state index contributed by atoms with van der Waals surface area (Å²) < 4.78 is 5.36. The number of thioether (sulfide) groups is 1. The second-order valence-electron chi connectivity index (χ2n) is 4.83. The van der Waals surface area contributed by atoms with E-state index in [0.717, 1.165) is 17.1 Å². The van der Waals surface area contributed by atoms with Crippen LogP contribution in [0.4, 0.5) is 6.01 Å². The van der Waals surface area contributed by atoms with Gasteiger partial charge in [-0.3, -0.25) is 10.1 Å². The molecule has 4 nitrogen and oxygen atoms in total. The summed E-state index contributed by atoms with van der Waals surface area (Å²) in [6.07, 6.45) is 2.39. The Bertz CT molecular complexity index is 798. The van der Waals surface area contributed by atoms with Crippen molar-refractivity contribution in [3.8, 4) is 0 Å². The predicted molar refractivity (Wildman–Crippen MR) is 89.2 cm³/mol. The van der Waals surface area contributed by atoms with Crippen LogP contribution in [0.25, 0.3) is 10.8 Å². The molecule has 0 saturated heterocycles. The molecule has 0 aliphatic heterocycles. The van der Waals surface area contributed by atoms with Crippen LogP contribution in [0.5, 0.6) is 0 Å². The second-order valence-corrected chi connectivity index (χ2v) is 5.88. The SMILES string of the molecule is CCc1cnc(NC(=O)CSc2ccc3ccccc3c2)o1. The normalized spacial score (nSPS) is 10.8. The molecule has 0 atom stereocenters. The van der Waals surface area contributed by atoms with Crippen LogP contribution < -0.4 is 5.32 Å². The minimum Gasteiger partial charge on any atom is -0.429 e. The Balaban J connectivity index is 1.59. The van der Waals surface area contributed by atoms with E-state index < -0.39 is 0 Å². The summed E-state index contributed by atoms with van der Waals surface area (Å²) in [4.78, 5) is 17.0. The van der Waals surface area contributed by atoms with Crippen molar-refractivity contribution in [1.82, 2.24) is 4.98 Å². The number of carbonyl (C=O) groups is 1. The van der Waals surface area contributed by atoms with Gasteiger partial charge in [-0.15, -0.1) is 11.8 Å². The maximum absolute atomic E-state index is 11.9. The molecule has 0 unspecified atom stereocenters. The van der Waals surface area contributed by atoms with Gasteiger partial charge in [0.05, 0.1) is 11.9 Å². The van der Waals surface area contributed by atoms with E-state index in [2.05, 4.69) is 34.6 Å². The van der Waals surface area contributed by atoms with Gasteiger partial charge in [0.1, 0.15) is 5.76 Å². The van der Waals surface area contributed by atoms with E-state index in [1.54, 1.807) is 6.20 Å². The molecule has 0 saturated carbocycles. The molecule has 0 bridgehead atoms. The quantitative estimate of drug-likeness (QED) is 0.720. The van der Waals surface area contributed by atoms with E-state index in [4.69, 9.17) is 4.42 Å². The van der Waals surface area contributed by atoms with Gasteiger partial charge in [0.15, 0.2) is 0 Å². The Kier molecular flexibility index (Phi) is 4.44. The third kappa shape index (κ3) is 3.49. The van der Waals surface area contributed by atoms with Crippen molar-refractivity contribution in [3.63, 3.8) is 0 Å². The fourth-order valence-electron chi connectivity index (χ4n) is 2.09. The Morgan fingerprint density at radius 2 is 2.05 bits per heavy atom. The Hall–Kier alpha value is -2.27. The lowest BCUT2D eigenvalue weighted by atomic mass is 10.1. The summed E-state index contributed by atoms with van der Waals surface area (Å²) in [5.41, 5.74) is 0. The van der Waals surface area contributed by atoms with E-state index in [-0.39, 0.29) is 11.9 Å². The first-order chi connectivity index (χ1) is 10.7. The number of anilines is 1. The molecule has 3 rings (SSSR count). The fraction of sp³-hybridized carbons (Fsp3) is 0.176. The molecule has 0 aliphatic rings. The molecule has 0 radical (unpaired) electrons. The number of carbonyl (C=O) groups excluding carboxylic acids is 1. The highest BCUT2D eigenvalue weighted by molar-refractivity contribution is 8.00. The first kappa shape index (κ1) is 14.7. The van der Waals surface area contributed by atoms with Crippen molar-refractivity contribution in [2.24, 2.45) is 0 Å². The topological polar surface area (TPSA) is 55.1 Å². The lowest BCUT2D eigenvalue weighted by molar-refractivity contribution is -0.113. The number of oxazole rings is 1. The van der Waals surface area contributed by atoms with Crippen molar-refractivity contribution in [1.29, 1.82) is 0 Å². The van der Waals surface area contributed by atoms with Gasteiger partial charge < -0.3 is 4.42 Å². The van der Waals surface area contributed by atoms with Gasteiger partial charge in [-0.1, -0.05) is 37.3 Å². The minimum absolute atomic E-state index is 0.123. The largest absolute Gasteiger partial charge is 0.429 e. The molecule has 0 aliphatic carbocycles. The molecular formula is C17H16N2O2S. The molecule has 1 N–H and O–H groups in total. The van der Waals surface area contributed by atoms with Crippen molar-refractivity contribution in [3.05, 3.63) is 54.4 Å². The highest BCUT2D eigenvalue weighted by Gasteiger charge is 2.08. The predicted octanol–water partition coefficient (Wildman–Crippen LogP) is 4.12. The summed E-state index contributed by atoms with van der Waals surface area (Å²) in [6, 6.07) is 14.6. The van der Waals surface area contributed by atoms with Gasteiger partial charge in [-0.2, -0.15) is 0 Å². The van der Waals surface area contributed by atoms with Crippen LogP contribution in [0.15, 0.2) is 58.0 Å². The number of nitrogens with zero attached hydrogens (tertiary/aromatic N) is 1. The zero-order chi connectivity index (χ0) is 15.4. The third-order valence-electron chi connectivity index (χ3n) is 3.24. The average molecular weight is 312 g/mol. The second kappa shape index (κ2) is 6.66. The summed E-state index contributed by atoms with van der Waals surface area (Å²) in [5.74, 6) is 0.961. The number of nitrogens with one attached hydrogen (secondary N) is 1. The number of hydrogen-bond donors (Lipinski definition) is 1. The van der Waals surface area contributed by atoms with Crippen LogP contribution in [0.2, 0.25) is 0 Å². The average Bonchev–Trinajstić information content (AvgIpc) is 3.00. The summed E-state index contributed by atoms with van der Waals surface area (Å²) in [5, 5.41) is 5.04. The molecule has 0 fully saturated rings. The molecule has 1 amide bonds. The highest BCUT2D eigenvalue weighted by Crippen LogP contribution is 2.23. The molecule has 2 aromatic carbocycles. The van der Waals surface area contributed by atoms with E-state index in [9.17, 15) is 4.79 Å². The van der Waals surface area contributed by atoms with Crippen molar-refractivity contribution in [2.75, 3.05) is 11.1 Å². The number of hydrogen-bond acceptors (Lipinski definition) is 4. The van der Waals surface area contributed by atoms with Crippen LogP contribution in [0.1, 0.15) is 12.7 Å². The number of amides is 1. The van der Waals surface area contributed by atoms with Crippen molar-refractivity contribution < 1.29 is 9.21 Å². The minimum atomic E-state index is -0.123. The Morgan fingerprint density at radius 1 is 1.23 bits per heavy atom. The Morgan fingerprint density at radius 3 is 2.82 bits per heavy atom. The van der Waals surface area contributed by atoms with E-state index >= 15 is 0 Å². The standard InChI is InChI=1S/C17H16N2O2S/c1-2-14-10-18-17(21-14)19-16(20)11-22-15-8-7-12-5-3-4-6-13(12)9-15/h3-10H,2,11H2,1H3,(H,18,19,20). The number of rotatable bonds is 5. The molecule has 112 valence electrons. The third-order valence-corrected chi connectivity index (χ3v) is 4.23. The molecule has 0 spiro atoms. The van der Waals surface area contributed by atoms with Gasteiger partial charge in [0, 0.05) is 11.3 Å². The lowest BCUT2D eigenvalue weighted by Gasteiger charge is -2.04. The maximum atomic E-state index is 11.9. The van der Waals surface area contributed by atoms with Crippen LogP contribution in [0.3, 0.4) is 0 Å². The van der Waals surface area contributed by atoms with Gasteiger partial charge in [-0.05, 0) is 22.9 Å². The summed E-state index contributed by atoms with van der Waals surface area (Å²) in [7, 11) is 0. The number of aryl methyl sites for hydroxylation is 1. The van der Waals surface area contributed by atoms with Crippen LogP contribution in [-0.2, 0) is 11.2 Å².